The number of amides is 1. The van der Waals surface area contributed by atoms with E-state index < -0.39 is 0 Å². The number of fused-ring (bicyclic) bond motifs is 5. The van der Waals surface area contributed by atoms with Crippen LogP contribution in [0.3, 0.4) is 0 Å². The standard InChI is InChI=1S/C36H39N7O2/c1-41-33-28(15-25(17-31(33)45-2)36(44)43-19-24-10-12-29(43)32(24)37)40-35(41)30-16-23-9-11-26(39-34(23)42(30)18-20-5-6-20)22-8-7-21-4-3-13-38-27(21)14-22/h7-9,11,14-17,20,24,29,32,38H,3-6,10,12-13,18-19,37H2,1-2H3. The molecule has 1 saturated heterocycles. The molecule has 3 atom stereocenters. The number of aromatic nitrogens is 4. The number of pyridine rings is 1. The Bertz CT molecular complexity index is 2000. The molecule has 5 aromatic rings. The van der Waals surface area contributed by atoms with Crippen molar-refractivity contribution in [1.29, 1.82) is 0 Å². The van der Waals surface area contributed by atoms with Crippen LogP contribution in [0.4, 0.5) is 5.69 Å². The van der Waals surface area contributed by atoms with Crippen LogP contribution in [0.5, 0.6) is 5.75 Å². The molecule has 45 heavy (non-hydrogen) atoms. The molecule has 2 aromatic carbocycles. The molecule has 9 heteroatoms. The summed E-state index contributed by atoms with van der Waals surface area (Å²) in [6.07, 6.45) is 6.85. The quantitative estimate of drug-likeness (QED) is 0.263. The molecular formula is C36H39N7O2. The highest BCUT2D eigenvalue weighted by molar-refractivity contribution is 6.00. The molecule has 0 spiro atoms. The average molecular weight is 602 g/mol. The molecule has 3 unspecified atom stereocenters. The van der Waals surface area contributed by atoms with Gasteiger partial charge in [-0.15, -0.1) is 0 Å². The van der Waals surface area contributed by atoms with Crippen molar-refractivity contribution < 1.29 is 9.53 Å². The van der Waals surface area contributed by atoms with Gasteiger partial charge in [0.2, 0.25) is 0 Å². The number of anilines is 1. The summed E-state index contributed by atoms with van der Waals surface area (Å²) in [5.41, 5.74) is 15.4. The zero-order valence-electron chi connectivity index (χ0n) is 25.9. The molecule has 2 aliphatic carbocycles. The number of nitrogens with one attached hydrogen (secondary N) is 1. The van der Waals surface area contributed by atoms with E-state index >= 15 is 0 Å². The molecule has 4 aliphatic rings. The Balaban J connectivity index is 1.14. The molecule has 9 nitrogen and oxygen atoms in total. The number of carbonyl (C=O) groups excluding carboxylic acids is 1. The summed E-state index contributed by atoms with van der Waals surface area (Å²) in [6.45, 7) is 2.65. The molecular weight excluding hydrogens is 562 g/mol. The molecule has 9 rings (SSSR count). The lowest BCUT2D eigenvalue weighted by Crippen LogP contribution is -2.41. The maximum absolute atomic E-state index is 13.7. The highest BCUT2D eigenvalue weighted by Gasteiger charge is 2.47. The topological polar surface area (TPSA) is 103 Å². The van der Waals surface area contributed by atoms with Crippen LogP contribution >= 0.6 is 0 Å². The van der Waals surface area contributed by atoms with E-state index in [-0.39, 0.29) is 18.0 Å². The minimum absolute atomic E-state index is 0.0157. The Morgan fingerprint density at radius 3 is 2.73 bits per heavy atom. The van der Waals surface area contributed by atoms with E-state index in [2.05, 4.69) is 50.8 Å². The third kappa shape index (κ3) is 4.27. The van der Waals surface area contributed by atoms with Gasteiger partial charge in [-0.25, -0.2) is 9.97 Å². The second-order valence-corrected chi connectivity index (χ2v) is 13.6. The van der Waals surface area contributed by atoms with Crippen molar-refractivity contribution in [3.8, 4) is 28.5 Å². The summed E-state index contributed by atoms with van der Waals surface area (Å²) < 4.78 is 10.3. The Kier molecular flexibility index (Phi) is 6.04. The largest absolute Gasteiger partial charge is 0.494 e. The monoisotopic (exact) mass is 601 g/mol. The van der Waals surface area contributed by atoms with E-state index in [0.717, 1.165) is 83.7 Å². The highest BCUT2D eigenvalue weighted by Crippen LogP contribution is 2.40. The maximum Gasteiger partial charge on any atom is 0.254 e. The number of piperidine rings is 1. The van der Waals surface area contributed by atoms with Crippen LogP contribution in [0.1, 0.15) is 48.0 Å². The molecule has 3 aromatic heterocycles. The molecule has 3 N–H and O–H groups in total. The van der Waals surface area contributed by atoms with Crippen molar-refractivity contribution in [2.75, 3.05) is 25.5 Å². The number of likely N-dealkylation sites (tertiary alicyclic amines) is 1. The number of imidazole rings is 1. The van der Waals surface area contributed by atoms with Gasteiger partial charge in [-0.05, 0) is 92.3 Å². The first-order chi connectivity index (χ1) is 22.0. The van der Waals surface area contributed by atoms with E-state index in [9.17, 15) is 4.79 Å². The maximum atomic E-state index is 13.7. The first kappa shape index (κ1) is 27.0. The second kappa shape index (κ2) is 10.1. The first-order valence-electron chi connectivity index (χ1n) is 16.5. The van der Waals surface area contributed by atoms with Gasteiger partial charge in [0.15, 0.2) is 5.82 Å². The predicted molar refractivity (Wildman–Crippen MR) is 176 cm³/mol. The average Bonchev–Trinajstić information content (AvgIpc) is 3.47. The molecule has 2 aliphatic heterocycles. The minimum atomic E-state index is 0.0157. The highest BCUT2D eigenvalue weighted by atomic mass is 16.5. The van der Waals surface area contributed by atoms with Crippen LogP contribution in [0.15, 0.2) is 48.5 Å². The third-order valence-electron chi connectivity index (χ3n) is 10.8. The van der Waals surface area contributed by atoms with Crippen LogP contribution in [0, 0.1) is 11.8 Å². The number of benzene rings is 2. The van der Waals surface area contributed by atoms with Crippen LogP contribution in [-0.2, 0) is 20.0 Å². The summed E-state index contributed by atoms with van der Waals surface area (Å²) >= 11 is 0. The minimum Gasteiger partial charge on any atom is -0.494 e. The summed E-state index contributed by atoms with van der Waals surface area (Å²) in [7, 11) is 3.69. The number of nitrogens with zero attached hydrogens (tertiary/aromatic N) is 5. The molecule has 2 saturated carbocycles. The van der Waals surface area contributed by atoms with Crippen molar-refractivity contribution in [2.24, 2.45) is 24.6 Å². The van der Waals surface area contributed by atoms with Gasteiger partial charge >= 0.3 is 0 Å². The fourth-order valence-corrected chi connectivity index (χ4v) is 8.10. The Morgan fingerprint density at radius 1 is 1.07 bits per heavy atom. The molecule has 230 valence electrons. The van der Waals surface area contributed by atoms with Crippen molar-refractivity contribution in [3.05, 3.63) is 59.7 Å². The van der Waals surface area contributed by atoms with Gasteiger partial charge < -0.3 is 29.8 Å². The summed E-state index contributed by atoms with van der Waals surface area (Å²) in [5, 5.41) is 4.66. The van der Waals surface area contributed by atoms with Crippen molar-refractivity contribution in [3.63, 3.8) is 0 Å². The number of aryl methyl sites for hydroxylation is 2. The fourth-order valence-electron chi connectivity index (χ4n) is 8.10. The van der Waals surface area contributed by atoms with E-state index in [1.807, 2.05) is 24.1 Å². The second-order valence-electron chi connectivity index (χ2n) is 13.6. The normalized spacial score (nSPS) is 22.3. The first-order valence-corrected chi connectivity index (χ1v) is 16.5. The Hall–Kier alpha value is -4.37. The van der Waals surface area contributed by atoms with Gasteiger partial charge in [0.1, 0.15) is 16.9 Å². The van der Waals surface area contributed by atoms with E-state index in [1.54, 1.807) is 7.11 Å². The number of methoxy groups -OCH3 is 1. The van der Waals surface area contributed by atoms with Gasteiger partial charge in [0.25, 0.3) is 5.91 Å². The van der Waals surface area contributed by atoms with Crippen molar-refractivity contribution >= 4 is 33.7 Å². The van der Waals surface area contributed by atoms with Crippen LogP contribution in [0.2, 0.25) is 0 Å². The Labute approximate surface area is 262 Å². The van der Waals surface area contributed by atoms with Crippen LogP contribution in [-0.4, -0.2) is 62.2 Å². The van der Waals surface area contributed by atoms with Gasteiger partial charge in [-0.1, -0.05) is 12.1 Å². The number of hydrogen-bond acceptors (Lipinski definition) is 6. The molecule has 2 bridgehead atoms. The smallest absolute Gasteiger partial charge is 0.254 e. The summed E-state index contributed by atoms with van der Waals surface area (Å²) in [5.74, 6) is 2.55. The number of rotatable bonds is 6. The number of carbonyl (C=O) groups is 1. The summed E-state index contributed by atoms with van der Waals surface area (Å²) in [4.78, 5) is 26.1. The van der Waals surface area contributed by atoms with Gasteiger partial charge in [-0.2, -0.15) is 0 Å². The lowest BCUT2D eigenvalue weighted by molar-refractivity contribution is 0.0700. The molecule has 0 radical (unpaired) electrons. The van der Waals surface area contributed by atoms with Gasteiger partial charge in [-0.3, -0.25) is 4.79 Å². The van der Waals surface area contributed by atoms with E-state index in [0.29, 0.717) is 23.1 Å². The van der Waals surface area contributed by atoms with Gasteiger partial charge in [0.05, 0.1) is 24.0 Å². The molecule has 3 fully saturated rings. The third-order valence-corrected chi connectivity index (χ3v) is 10.8. The van der Waals surface area contributed by atoms with E-state index in [4.69, 9.17) is 20.4 Å². The molecule has 5 heterocycles. The number of ether oxygens (including phenoxy) is 1. The lowest BCUT2D eigenvalue weighted by Gasteiger charge is -2.27. The van der Waals surface area contributed by atoms with Crippen molar-refractivity contribution in [1.82, 2.24) is 24.0 Å². The predicted octanol–water partition coefficient (Wildman–Crippen LogP) is 5.60. The van der Waals surface area contributed by atoms with Crippen LogP contribution in [0.25, 0.3) is 44.8 Å². The van der Waals surface area contributed by atoms with E-state index in [1.165, 1.54) is 30.5 Å². The molecule has 1 amide bonds. The number of nitrogens with two attached hydrogens (primary N) is 1. The number of hydrogen-bond donors (Lipinski definition) is 2. The Morgan fingerprint density at radius 2 is 1.96 bits per heavy atom. The van der Waals surface area contributed by atoms with Crippen molar-refractivity contribution in [2.45, 2.75) is 57.2 Å². The SMILES string of the molecule is COc1cc(C(=O)N2CC3CCC2C3N)cc2nc(-c3cc4ccc(-c5ccc6c(c5)NCCC6)nc4n3CC3CC3)n(C)c12. The van der Waals surface area contributed by atoms with Gasteiger partial charge in [0, 0.05) is 61.0 Å². The zero-order valence-corrected chi connectivity index (χ0v) is 25.9. The summed E-state index contributed by atoms with van der Waals surface area (Å²) in [6, 6.07) is 17.2. The van der Waals surface area contributed by atoms with Crippen LogP contribution < -0.4 is 15.8 Å². The fraction of sp³-hybridized carbons (Fsp3) is 0.417. The zero-order chi connectivity index (χ0) is 30.4. The lowest BCUT2D eigenvalue weighted by atomic mass is 10.00.